The van der Waals surface area contributed by atoms with Gasteiger partial charge in [0.25, 0.3) is 0 Å². The van der Waals surface area contributed by atoms with Crippen LogP contribution in [0.5, 0.6) is 0 Å². The normalized spacial score (nSPS) is 12.8. The van der Waals surface area contributed by atoms with Crippen LogP contribution in [-0.4, -0.2) is 34.6 Å². The van der Waals surface area contributed by atoms with Crippen LogP contribution in [-0.2, 0) is 19.9 Å². The van der Waals surface area contributed by atoms with E-state index in [1.54, 1.807) is 24.6 Å². The van der Waals surface area contributed by atoms with Crippen LogP contribution in [0.1, 0.15) is 33.6 Å². The van der Waals surface area contributed by atoms with E-state index < -0.39 is 17.6 Å². The Hall–Kier alpha value is -1.89. The summed E-state index contributed by atoms with van der Waals surface area (Å²) in [5.41, 5.74) is 4.82. The number of hydrogen-bond donors (Lipinski definition) is 2. The van der Waals surface area contributed by atoms with Gasteiger partial charge in [0.2, 0.25) is 5.91 Å². The van der Waals surface area contributed by atoms with Gasteiger partial charge in [0.1, 0.15) is 5.54 Å². The maximum Gasteiger partial charge on any atom is 0.331 e. The number of carbonyl (C=O) groups excluding carboxylic acids is 2. The van der Waals surface area contributed by atoms with Gasteiger partial charge in [-0.3, -0.25) is 4.79 Å². The van der Waals surface area contributed by atoms with Crippen molar-refractivity contribution < 1.29 is 14.3 Å². The summed E-state index contributed by atoms with van der Waals surface area (Å²) in [7, 11) is 1.33. The van der Waals surface area contributed by atoms with Crippen LogP contribution in [0, 0.1) is 0 Å². The molecule has 0 saturated carbocycles. The van der Waals surface area contributed by atoms with E-state index in [0.29, 0.717) is 12.2 Å². The molecule has 0 spiro atoms. The standard InChI is InChI=1S/C13H22N4O3/c1-5-6-9(14)11(18)16-10-7-17(8-15-10)13(2,3)12(19)20-4/h7-9H,5-6,14H2,1-4H3,(H,16,18)/t9-/m0/s1. The number of ether oxygens (including phenoxy) is 1. The van der Waals surface area contributed by atoms with Crippen molar-refractivity contribution in [3.05, 3.63) is 12.5 Å². The summed E-state index contributed by atoms with van der Waals surface area (Å²) in [5.74, 6) is -0.318. The summed E-state index contributed by atoms with van der Waals surface area (Å²) in [5, 5.41) is 2.63. The second-order valence-corrected chi connectivity index (χ2v) is 5.10. The number of methoxy groups -OCH3 is 1. The van der Waals surface area contributed by atoms with Crippen LogP contribution in [0.3, 0.4) is 0 Å². The summed E-state index contributed by atoms with van der Waals surface area (Å²) in [6, 6.07) is -0.557. The van der Waals surface area contributed by atoms with Crippen molar-refractivity contribution >= 4 is 17.7 Å². The molecule has 0 saturated heterocycles. The Morgan fingerprint density at radius 3 is 2.75 bits per heavy atom. The third-order valence-electron chi connectivity index (χ3n) is 3.10. The molecule has 0 aliphatic heterocycles. The van der Waals surface area contributed by atoms with E-state index in [1.165, 1.54) is 13.4 Å². The monoisotopic (exact) mass is 282 g/mol. The summed E-state index contributed by atoms with van der Waals surface area (Å²) in [4.78, 5) is 27.5. The molecular weight excluding hydrogens is 260 g/mol. The Kier molecular flexibility index (Phi) is 5.26. The molecule has 112 valence electrons. The minimum absolute atomic E-state index is 0.284. The number of esters is 1. The van der Waals surface area contributed by atoms with Gasteiger partial charge in [-0.05, 0) is 20.3 Å². The van der Waals surface area contributed by atoms with Crippen molar-refractivity contribution in [2.45, 2.75) is 45.2 Å². The number of amides is 1. The number of aromatic nitrogens is 2. The molecule has 0 radical (unpaired) electrons. The molecule has 20 heavy (non-hydrogen) atoms. The Bertz CT molecular complexity index is 482. The second kappa shape index (κ2) is 6.51. The first kappa shape index (κ1) is 16.2. The lowest BCUT2D eigenvalue weighted by Gasteiger charge is -2.22. The molecule has 0 aliphatic rings. The molecule has 1 aromatic heterocycles. The van der Waals surface area contributed by atoms with Gasteiger partial charge in [-0.25, -0.2) is 9.78 Å². The van der Waals surface area contributed by atoms with Gasteiger partial charge in [-0.2, -0.15) is 0 Å². The van der Waals surface area contributed by atoms with Gasteiger partial charge < -0.3 is 20.4 Å². The first-order chi connectivity index (χ1) is 9.32. The number of hydrogen-bond acceptors (Lipinski definition) is 5. The fraction of sp³-hybridized carbons (Fsp3) is 0.615. The highest BCUT2D eigenvalue weighted by Crippen LogP contribution is 2.19. The predicted molar refractivity (Wildman–Crippen MR) is 75.1 cm³/mol. The van der Waals surface area contributed by atoms with E-state index >= 15 is 0 Å². The zero-order chi connectivity index (χ0) is 15.3. The van der Waals surface area contributed by atoms with Crippen LogP contribution >= 0.6 is 0 Å². The van der Waals surface area contributed by atoms with Gasteiger partial charge in [0.15, 0.2) is 5.82 Å². The zero-order valence-electron chi connectivity index (χ0n) is 12.3. The summed E-state index contributed by atoms with van der Waals surface area (Å²) in [6.45, 7) is 5.37. The number of nitrogens with one attached hydrogen (secondary N) is 1. The smallest absolute Gasteiger partial charge is 0.331 e. The van der Waals surface area contributed by atoms with Crippen LogP contribution in [0.2, 0.25) is 0 Å². The third kappa shape index (κ3) is 3.57. The third-order valence-corrected chi connectivity index (χ3v) is 3.10. The molecule has 1 heterocycles. The van der Waals surface area contributed by atoms with Gasteiger partial charge in [-0.1, -0.05) is 13.3 Å². The van der Waals surface area contributed by atoms with Crippen molar-refractivity contribution in [3.63, 3.8) is 0 Å². The number of carbonyl (C=O) groups is 2. The van der Waals surface area contributed by atoms with Crippen LogP contribution < -0.4 is 11.1 Å². The van der Waals surface area contributed by atoms with Crippen molar-refractivity contribution in [2.75, 3.05) is 12.4 Å². The average molecular weight is 282 g/mol. The van der Waals surface area contributed by atoms with E-state index in [0.717, 1.165) is 6.42 Å². The number of nitrogens with two attached hydrogens (primary N) is 1. The molecule has 1 atom stereocenters. The Balaban J connectivity index is 2.78. The highest BCUT2D eigenvalue weighted by atomic mass is 16.5. The molecule has 1 amide bonds. The number of nitrogens with zero attached hydrogens (tertiary/aromatic N) is 2. The lowest BCUT2D eigenvalue weighted by Crippen LogP contribution is -2.36. The maximum atomic E-state index is 11.8. The second-order valence-electron chi connectivity index (χ2n) is 5.10. The highest BCUT2D eigenvalue weighted by molar-refractivity contribution is 5.93. The molecule has 0 aromatic carbocycles. The number of anilines is 1. The SMILES string of the molecule is CCC[C@H](N)C(=O)Nc1cn(C(C)(C)C(=O)OC)cn1. The first-order valence-corrected chi connectivity index (χ1v) is 6.52. The van der Waals surface area contributed by atoms with Crippen LogP contribution in [0.4, 0.5) is 5.82 Å². The van der Waals surface area contributed by atoms with Crippen molar-refractivity contribution in [3.8, 4) is 0 Å². The zero-order valence-corrected chi connectivity index (χ0v) is 12.3. The highest BCUT2D eigenvalue weighted by Gasteiger charge is 2.31. The fourth-order valence-corrected chi connectivity index (χ4v) is 1.71. The molecule has 0 aliphatic carbocycles. The van der Waals surface area contributed by atoms with Crippen molar-refractivity contribution in [1.82, 2.24) is 9.55 Å². The van der Waals surface area contributed by atoms with Gasteiger partial charge in [0.05, 0.1) is 19.5 Å². The molecule has 3 N–H and O–H groups in total. The van der Waals surface area contributed by atoms with E-state index in [2.05, 4.69) is 10.3 Å². The van der Waals surface area contributed by atoms with E-state index in [1.807, 2.05) is 6.92 Å². The first-order valence-electron chi connectivity index (χ1n) is 6.52. The van der Waals surface area contributed by atoms with Crippen molar-refractivity contribution in [2.24, 2.45) is 5.73 Å². The molecule has 0 bridgehead atoms. The average Bonchev–Trinajstić information content (AvgIpc) is 2.87. The quantitative estimate of drug-likeness (QED) is 0.754. The lowest BCUT2D eigenvalue weighted by molar-refractivity contribution is -0.149. The van der Waals surface area contributed by atoms with Gasteiger partial charge in [-0.15, -0.1) is 0 Å². The largest absolute Gasteiger partial charge is 0.467 e. The summed E-state index contributed by atoms with van der Waals surface area (Å²) >= 11 is 0. The Labute approximate surface area is 118 Å². The molecular formula is C13H22N4O3. The minimum atomic E-state index is -0.893. The topological polar surface area (TPSA) is 99.2 Å². The van der Waals surface area contributed by atoms with E-state index in [4.69, 9.17) is 10.5 Å². The molecule has 7 nitrogen and oxygen atoms in total. The Morgan fingerprint density at radius 1 is 1.55 bits per heavy atom. The molecule has 7 heteroatoms. The fourth-order valence-electron chi connectivity index (χ4n) is 1.71. The minimum Gasteiger partial charge on any atom is -0.467 e. The number of rotatable bonds is 6. The molecule has 1 rings (SSSR count). The molecule has 1 aromatic rings. The molecule has 0 unspecified atom stereocenters. The lowest BCUT2D eigenvalue weighted by atomic mass is 10.1. The van der Waals surface area contributed by atoms with E-state index in [-0.39, 0.29) is 5.91 Å². The Morgan fingerprint density at radius 2 is 2.20 bits per heavy atom. The predicted octanol–water partition coefficient (Wildman–Crippen LogP) is 0.857. The molecule has 0 fully saturated rings. The summed E-state index contributed by atoms with van der Waals surface area (Å²) < 4.78 is 6.32. The maximum absolute atomic E-state index is 11.8. The van der Waals surface area contributed by atoms with Crippen LogP contribution in [0.25, 0.3) is 0 Å². The van der Waals surface area contributed by atoms with E-state index in [9.17, 15) is 9.59 Å². The van der Waals surface area contributed by atoms with Crippen LogP contribution in [0.15, 0.2) is 12.5 Å². The van der Waals surface area contributed by atoms with Crippen molar-refractivity contribution in [1.29, 1.82) is 0 Å². The van der Waals surface area contributed by atoms with Gasteiger partial charge in [0, 0.05) is 6.20 Å². The van der Waals surface area contributed by atoms with Gasteiger partial charge >= 0.3 is 5.97 Å². The number of imidazole rings is 1. The summed E-state index contributed by atoms with van der Waals surface area (Å²) in [6.07, 6.45) is 4.49.